The highest BCUT2D eigenvalue weighted by Gasteiger charge is 2.32. The Morgan fingerprint density at radius 1 is 1.25 bits per heavy atom. The predicted molar refractivity (Wildman–Crippen MR) is 74.7 cm³/mol. The normalized spacial score (nSPS) is 20.0. The molecule has 5 nitrogen and oxygen atoms in total. The molecule has 3 N–H and O–H groups in total. The lowest BCUT2D eigenvalue weighted by Crippen LogP contribution is -2.49. The van der Waals surface area contributed by atoms with Crippen LogP contribution in [-0.2, 0) is 0 Å². The number of halogens is 1. The molecule has 1 aliphatic carbocycles. The Morgan fingerprint density at radius 3 is 2.55 bits per heavy atom. The second-order valence-electron chi connectivity index (χ2n) is 5.37. The number of hydrazine groups is 1. The lowest BCUT2D eigenvalue weighted by molar-refractivity contribution is 0.0628. The Bertz CT molecular complexity index is 510. The molecule has 2 aliphatic rings. The van der Waals surface area contributed by atoms with Gasteiger partial charge in [-0.05, 0) is 25.0 Å². The summed E-state index contributed by atoms with van der Waals surface area (Å²) in [6.07, 6.45) is 2.55. The quantitative estimate of drug-likeness (QED) is 0.640. The van der Waals surface area contributed by atoms with Crippen molar-refractivity contribution in [1.82, 2.24) is 9.80 Å². The zero-order chi connectivity index (χ0) is 14.1. The minimum atomic E-state index is -0.505. The Kier molecular flexibility index (Phi) is 3.58. The van der Waals surface area contributed by atoms with Gasteiger partial charge >= 0.3 is 0 Å². The summed E-state index contributed by atoms with van der Waals surface area (Å²) in [6.45, 7) is 3.18. The molecule has 1 heterocycles. The highest BCUT2D eigenvalue weighted by molar-refractivity contribution is 5.99. The van der Waals surface area contributed by atoms with Crippen LogP contribution in [0, 0.1) is 5.82 Å². The lowest BCUT2D eigenvalue weighted by Gasteiger charge is -2.35. The van der Waals surface area contributed by atoms with Crippen molar-refractivity contribution in [1.29, 1.82) is 0 Å². The molecule has 0 atom stereocenters. The second kappa shape index (κ2) is 5.38. The Labute approximate surface area is 117 Å². The number of nitrogens with zero attached hydrogens (tertiary/aromatic N) is 2. The van der Waals surface area contributed by atoms with Gasteiger partial charge in [0.15, 0.2) is 0 Å². The summed E-state index contributed by atoms with van der Waals surface area (Å²) in [6, 6.07) is 5.15. The monoisotopic (exact) mass is 278 g/mol. The summed E-state index contributed by atoms with van der Waals surface area (Å²) in [5.41, 5.74) is 2.66. The molecule has 1 saturated carbocycles. The number of nitrogens with two attached hydrogens (primary N) is 1. The maximum Gasteiger partial charge on any atom is 0.256 e. The summed E-state index contributed by atoms with van der Waals surface area (Å²) >= 11 is 0. The third-order valence-corrected chi connectivity index (χ3v) is 4.05. The molecule has 2 fully saturated rings. The summed E-state index contributed by atoms with van der Waals surface area (Å²) < 4.78 is 13.6. The summed E-state index contributed by atoms with van der Waals surface area (Å²) in [4.78, 5) is 16.7. The van der Waals surface area contributed by atoms with Gasteiger partial charge in [-0.15, -0.1) is 0 Å². The van der Waals surface area contributed by atoms with Gasteiger partial charge in [0, 0.05) is 32.2 Å². The first kappa shape index (κ1) is 13.3. The number of hydrogen-bond acceptors (Lipinski definition) is 4. The molecule has 1 amide bonds. The molecule has 108 valence electrons. The number of para-hydroxylation sites is 1. The van der Waals surface area contributed by atoms with Crippen LogP contribution in [0.25, 0.3) is 0 Å². The van der Waals surface area contributed by atoms with Gasteiger partial charge in [0.05, 0.1) is 11.3 Å². The van der Waals surface area contributed by atoms with Crippen molar-refractivity contribution < 1.29 is 9.18 Å². The minimum Gasteiger partial charge on any atom is -0.336 e. The molecule has 0 radical (unpaired) electrons. The first-order valence-corrected chi connectivity index (χ1v) is 6.99. The van der Waals surface area contributed by atoms with Crippen LogP contribution in [0.1, 0.15) is 23.2 Å². The highest BCUT2D eigenvalue weighted by atomic mass is 19.1. The van der Waals surface area contributed by atoms with Crippen LogP contribution in [0.5, 0.6) is 0 Å². The Morgan fingerprint density at radius 2 is 1.95 bits per heavy atom. The molecule has 20 heavy (non-hydrogen) atoms. The van der Waals surface area contributed by atoms with Crippen molar-refractivity contribution in [3.8, 4) is 0 Å². The molecular weight excluding hydrogens is 259 g/mol. The number of hydrogen-bond donors (Lipinski definition) is 2. The molecule has 1 aromatic rings. The van der Waals surface area contributed by atoms with Crippen LogP contribution in [0.3, 0.4) is 0 Å². The minimum absolute atomic E-state index is 0.0714. The van der Waals surface area contributed by atoms with E-state index in [9.17, 15) is 9.18 Å². The Balaban J connectivity index is 1.71. The number of benzene rings is 1. The average molecular weight is 278 g/mol. The second-order valence-corrected chi connectivity index (χ2v) is 5.37. The van der Waals surface area contributed by atoms with E-state index in [1.807, 2.05) is 0 Å². The van der Waals surface area contributed by atoms with E-state index < -0.39 is 5.82 Å². The lowest BCUT2D eigenvalue weighted by atomic mass is 10.1. The van der Waals surface area contributed by atoms with Gasteiger partial charge in [0.1, 0.15) is 5.82 Å². The number of rotatable bonds is 3. The number of piperazine rings is 1. The Hall–Kier alpha value is -1.66. The number of nitrogen functional groups attached to an aromatic ring is 1. The molecule has 0 aromatic heterocycles. The number of anilines is 1. The van der Waals surface area contributed by atoms with Crippen molar-refractivity contribution in [3.63, 3.8) is 0 Å². The van der Waals surface area contributed by atoms with E-state index in [2.05, 4.69) is 10.3 Å². The fraction of sp³-hybridized carbons (Fsp3) is 0.500. The van der Waals surface area contributed by atoms with E-state index in [0.29, 0.717) is 18.7 Å². The van der Waals surface area contributed by atoms with Gasteiger partial charge in [-0.1, -0.05) is 6.07 Å². The number of carbonyl (C=O) groups excluding carboxylic acids is 1. The van der Waals surface area contributed by atoms with Gasteiger partial charge in [0.25, 0.3) is 5.91 Å². The average Bonchev–Trinajstić information content (AvgIpc) is 3.31. The molecule has 1 saturated heterocycles. The van der Waals surface area contributed by atoms with E-state index in [4.69, 9.17) is 5.84 Å². The predicted octanol–water partition coefficient (Wildman–Crippen LogP) is 1.03. The van der Waals surface area contributed by atoms with Crippen LogP contribution in [0.2, 0.25) is 0 Å². The topological polar surface area (TPSA) is 61.6 Å². The van der Waals surface area contributed by atoms with Gasteiger partial charge in [-0.2, -0.15) is 0 Å². The largest absolute Gasteiger partial charge is 0.336 e. The summed E-state index contributed by atoms with van der Waals surface area (Å²) in [5.74, 6) is 4.66. The fourth-order valence-corrected chi connectivity index (χ4v) is 2.75. The first-order chi connectivity index (χ1) is 9.70. The first-order valence-electron chi connectivity index (χ1n) is 6.99. The van der Waals surface area contributed by atoms with Crippen LogP contribution in [-0.4, -0.2) is 47.9 Å². The maximum absolute atomic E-state index is 13.6. The van der Waals surface area contributed by atoms with Crippen molar-refractivity contribution >= 4 is 11.6 Å². The van der Waals surface area contributed by atoms with Gasteiger partial charge < -0.3 is 10.3 Å². The van der Waals surface area contributed by atoms with Gasteiger partial charge in [0.2, 0.25) is 0 Å². The van der Waals surface area contributed by atoms with E-state index in [0.717, 1.165) is 19.1 Å². The molecule has 0 unspecified atom stereocenters. The molecule has 3 rings (SSSR count). The summed E-state index contributed by atoms with van der Waals surface area (Å²) in [7, 11) is 0. The molecule has 6 heteroatoms. The van der Waals surface area contributed by atoms with Gasteiger partial charge in [-0.3, -0.25) is 15.5 Å². The van der Waals surface area contributed by atoms with E-state index in [1.54, 1.807) is 11.0 Å². The molecule has 1 aliphatic heterocycles. The zero-order valence-electron chi connectivity index (χ0n) is 11.3. The smallest absolute Gasteiger partial charge is 0.256 e. The van der Waals surface area contributed by atoms with Crippen molar-refractivity contribution in [2.45, 2.75) is 18.9 Å². The van der Waals surface area contributed by atoms with E-state index in [1.165, 1.54) is 25.0 Å². The highest BCUT2D eigenvalue weighted by Crippen LogP contribution is 2.28. The van der Waals surface area contributed by atoms with E-state index >= 15 is 0 Å². The van der Waals surface area contributed by atoms with Crippen molar-refractivity contribution in [2.24, 2.45) is 5.84 Å². The number of nitrogens with one attached hydrogen (secondary N) is 1. The molecule has 0 bridgehead atoms. The van der Waals surface area contributed by atoms with Gasteiger partial charge in [-0.25, -0.2) is 4.39 Å². The van der Waals surface area contributed by atoms with Crippen molar-refractivity contribution in [2.75, 3.05) is 31.6 Å². The summed E-state index contributed by atoms with van der Waals surface area (Å²) in [5, 5.41) is 0. The third kappa shape index (κ3) is 2.48. The standard InChI is InChI=1S/C14H19FN4O/c15-12-3-1-2-11(13(12)17-16)14(20)19-8-6-18(7-9-19)10-4-5-10/h1-3,10,17H,4-9,16H2. The number of carbonyl (C=O) groups is 1. The zero-order valence-corrected chi connectivity index (χ0v) is 11.3. The molecule has 0 spiro atoms. The molecule has 1 aromatic carbocycles. The van der Waals surface area contributed by atoms with Crippen LogP contribution in [0.15, 0.2) is 18.2 Å². The van der Waals surface area contributed by atoms with Crippen molar-refractivity contribution in [3.05, 3.63) is 29.6 Å². The fourth-order valence-electron chi connectivity index (χ4n) is 2.75. The maximum atomic E-state index is 13.6. The van der Waals surface area contributed by atoms with E-state index in [-0.39, 0.29) is 11.6 Å². The van der Waals surface area contributed by atoms with Crippen LogP contribution < -0.4 is 11.3 Å². The third-order valence-electron chi connectivity index (χ3n) is 4.05. The molecular formula is C14H19FN4O. The van der Waals surface area contributed by atoms with Crippen LogP contribution >= 0.6 is 0 Å². The van der Waals surface area contributed by atoms with Crippen LogP contribution in [0.4, 0.5) is 10.1 Å². The number of amides is 1. The SMILES string of the molecule is NNc1c(F)cccc1C(=O)N1CCN(C2CC2)CC1.